The number of carbonyl (C=O) groups is 5. The standard InChI is InChI=1S/C56H59N11O7S/c1-35-38(39-16-18-48(58-52(39)55(72)73)67-22-20-36-8-5-10-40(43(36)33-67)53(70)60-56-57-44-11-3-4-13-47(44)75-56)9-6-12-46(35)74-31-7-21-63-23-25-64(26-24-63)34-50(69)66-29-27-65(28-30-66)37-14-15-41-45(32-37)62(2)61-51(41)42-17-19-49(68)59-54(42)71/h3-6,8-16,18,32,42H,7,17,19-31,33-34H2,1-2H3,(H,72,73)(H,57,60,70)(H,59,68,71). The summed E-state index contributed by atoms with van der Waals surface area (Å²) in [6.07, 6.45) is 2.24. The number of aromatic nitrogens is 4. The number of anilines is 3. The summed E-state index contributed by atoms with van der Waals surface area (Å²) in [4.78, 5) is 84.5. The number of carbonyl (C=O) groups excluding carboxylic acids is 4. The van der Waals surface area contributed by atoms with Crippen LogP contribution in [0, 0.1) is 6.92 Å². The third-order valence-corrected chi connectivity index (χ3v) is 16.1. The Hall–Kier alpha value is -7.74. The van der Waals surface area contributed by atoms with E-state index in [4.69, 9.17) is 9.72 Å². The summed E-state index contributed by atoms with van der Waals surface area (Å²) in [5, 5.41) is 22.1. The molecule has 7 aromatic rings. The molecule has 3 saturated heterocycles. The zero-order valence-corrected chi connectivity index (χ0v) is 42.9. The second-order valence-corrected chi connectivity index (χ2v) is 20.8. The lowest BCUT2D eigenvalue weighted by Crippen LogP contribution is -2.54. The van der Waals surface area contributed by atoms with E-state index in [0.717, 1.165) is 101 Å². The number of nitrogens with zero attached hydrogens (tertiary/aromatic N) is 9. The van der Waals surface area contributed by atoms with Gasteiger partial charge in [0.25, 0.3) is 5.91 Å². The number of aromatic carboxylic acids is 1. The smallest absolute Gasteiger partial charge is 0.355 e. The van der Waals surface area contributed by atoms with Gasteiger partial charge in [0.15, 0.2) is 10.8 Å². The Morgan fingerprint density at radius 1 is 0.827 bits per heavy atom. The highest BCUT2D eigenvalue weighted by Crippen LogP contribution is 2.36. The van der Waals surface area contributed by atoms with Crippen LogP contribution in [0.25, 0.3) is 32.2 Å². The lowest BCUT2D eigenvalue weighted by Gasteiger charge is -2.38. The molecule has 18 nitrogen and oxygen atoms in total. The summed E-state index contributed by atoms with van der Waals surface area (Å²) in [5.74, 6) is -0.983. The summed E-state index contributed by atoms with van der Waals surface area (Å²) in [6.45, 7) is 10.8. The first kappa shape index (κ1) is 49.5. The van der Waals surface area contributed by atoms with Crippen molar-refractivity contribution in [3.63, 3.8) is 0 Å². The quantitative estimate of drug-likeness (QED) is 0.0808. The van der Waals surface area contributed by atoms with Gasteiger partial charge >= 0.3 is 5.97 Å². The molecule has 3 aromatic heterocycles. The Morgan fingerprint density at radius 2 is 1.63 bits per heavy atom. The van der Waals surface area contributed by atoms with Gasteiger partial charge in [0.2, 0.25) is 17.7 Å². The van der Waals surface area contributed by atoms with E-state index in [9.17, 15) is 29.1 Å². The van der Waals surface area contributed by atoms with Gasteiger partial charge in [-0.05, 0) is 103 Å². The second kappa shape index (κ2) is 21.2. The van der Waals surface area contributed by atoms with E-state index in [-0.39, 0.29) is 29.3 Å². The van der Waals surface area contributed by atoms with Crippen molar-refractivity contribution in [3.05, 3.63) is 125 Å². The summed E-state index contributed by atoms with van der Waals surface area (Å²) in [6, 6.07) is 29.1. The number of para-hydroxylation sites is 1. The van der Waals surface area contributed by atoms with Crippen LogP contribution in [0.3, 0.4) is 0 Å². The number of thiazole rings is 1. The molecular weight excluding hydrogens is 971 g/mol. The summed E-state index contributed by atoms with van der Waals surface area (Å²) in [5.41, 5.74) is 8.04. The minimum atomic E-state index is -1.13. The van der Waals surface area contributed by atoms with Gasteiger partial charge in [0, 0.05) is 108 Å². The van der Waals surface area contributed by atoms with Gasteiger partial charge in [-0.3, -0.25) is 39.4 Å². The molecular formula is C56H59N11O7S. The lowest BCUT2D eigenvalue weighted by atomic mass is 9.93. The fourth-order valence-electron chi connectivity index (χ4n) is 11.0. The first-order valence-electron chi connectivity index (χ1n) is 25.7. The number of amides is 4. The van der Waals surface area contributed by atoms with Crippen LogP contribution in [0.4, 0.5) is 16.6 Å². The minimum absolute atomic E-state index is 0.0513. The van der Waals surface area contributed by atoms with E-state index < -0.39 is 11.9 Å². The molecule has 0 radical (unpaired) electrons. The number of benzene rings is 4. The predicted molar refractivity (Wildman–Crippen MR) is 288 cm³/mol. The number of rotatable bonds is 14. The Morgan fingerprint density at radius 3 is 2.43 bits per heavy atom. The Balaban J connectivity index is 0.640. The summed E-state index contributed by atoms with van der Waals surface area (Å²) < 4.78 is 9.12. The van der Waals surface area contributed by atoms with E-state index in [0.29, 0.717) is 92.1 Å². The topological polar surface area (TPSA) is 199 Å². The predicted octanol–water partition coefficient (Wildman–Crippen LogP) is 6.32. The van der Waals surface area contributed by atoms with Crippen molar-refractivity contribution >= 4 is 78.7 Å². The number of hydrogen-bond acceptors (Lipinski definition) is 14. The van der Waals surface area contributed by atoms with Gasteiger partial charge < -0.3 is 29.4 Å². The molecule has 0 bridgehead atoms. The minimum Gasteiger partial charge on any atom is -0.493 e. The summed E-state index contributed by atoms with van der Waals surface area (Å²) >= 11 is 1.43. The number of piperazine rings is 2. The SMILES string of the molecule is Cc1c(OCCCN2CCN(CC(=O)N3CCN(c4ccc5c(C6CCC(=O)NC6=O)nn(C)c5c4)CC3)CC2)cccc1-c1ccc(N2CCc3cccc(C(=O)Nc4nc5ccccc5s4)c3C2)nc1C(=O)O. The molecule has 1 unspecified atom stereocenters. The zero-order valence-electron chi connectivity index (χ0n) is 42.1. The third kappa shape index (κ3) is 10.4. The van der Waals surface area contributed by atoms with Crippen molar-refractivity contribution < 1.29 is 33.8 Å². The van der Waals surface area contributed by atoms with Crippen molar-refractivity contribution in [3.8, 4) is 16.9 Å². The van der Waals surface area contributed by atoms with E-state index >= 15 is 0 Å². The van der Waals surface area contributed by atoms with Crippen LogP contribution in [-0.2, 0) is 34.4 Å². The number of hydrogen-bond donors (Lipinski definition) is 3. The number of imide groups is 1. The maximum absolute atomic E-state index is 13.6. The van der Waals surface area contributed by atoms with Gasteiger partial charge in [-0.1, -0.05) is 47.7 Å². The van der Waals surface area contributed by atoms with Crippen LogP contribution in [0.5, 0.6) is 5.75 Å². The number of nitrogens with one attached hydrogen (secondary N) is 2. The van der Waals surface area contributed by atoms with Crippen LogP contribution in [0.2, 0.25) is 0 Å². The van der Waals surface area contributed by atoms with Crippen molar-refractivity contribution in [2.45, 2.75) is 45.1 Å². The molecule has 4 aliphatic heterocycles. The van der Waals surface area contributed by atoms with Crippen LogP contribution >= 0.6 is 11.3 Å². The Labute approximate surface area is 437 Å². The Bertz CT molecular complexity index is 3330. The molecule has 3 N–H and O–H groups in total. The van der Waals surface area contributed by atoms with Crippen molar-refractivity contribution in [2.75, 3.05) is 93.7 Å². The van der Waals surface area contributed by atoms with E-state index in [1.807, 2.05) is 103 Å². The molecule has 3 fully saturated rings. The number of aryl methyl sites for hydroxylation is 1. The molecule has 4 aromatic carbocycles. The molecule has 0 saturated carbocycles. The first-order chi connectivity index (χ1) is 36.4. The highest BCUT2D eigenvalue weighted by Gasteiger charge is 2.33. The number of carboxylic acid groups (broad SMARTS) is 1. The number of piperidine rings is 1. The highest BCUT2D eigenvalue weighted by molar-refractivity contribution is 7.22. The molecule has 386 valence electrons. The van der Waals surface area contributed by atoms with Gasteiger partial charge in [-0.15, -0.1) is 0 Å². The number of pyridine rings is 1. The van der Waals surface area contributed by atoms with Gasteiger partial charge in [0.1, 0.15) is 11.6 Å². The zero-order chi connectivity index (χ0) is 51.7. The average Bonchev–Trinajstić information content (AvgIpc) is 3.99. The van der Waals surface area contributed by atoms with Gasteiger partial charge in [0.05, 0.1) is 40.5 Å². The number of fused-ring (bicyclic) bond motifs is 3. The molecule has 0 aliphatic carbocycles. The lowest BCUT2D eigenvalue weighted by molar-refractivity contribution is -0.135. The van der Waals surface area contributed by atoms with E-state index in [1.165, 1.54) is 11.3 Å². The van der Waals surface area contributed by atoms with E-state index in [1.54, 1.807) is 4.68 Å². The first-order valence-corrected chi connectivity index (χ1v) is 26.5. The average molecular weight is 1030 g/mol. The Kier molecular flexibility index (Phi) is 14.0. The van der Waals surface area contributed by atoms with Crippen molar-refractivity contribution in [1.82, 2.24) is 39.8 Å². The largest absolute Gasteiger partial charge is 0.493 e. The maximum atomic E-state index is 13.6. The molecule has 4 amide bonds. The highest BCUT2D eigenvalue weighted by atomic mass is 32.1. The van der Waals surface area contributed by atoms with Gasteiger partial charge in [-0.2, -0.15) is 5.10 Å². The van der Waals surface area contributed by atoms with Crippen molar-refractivity contribution in [1.29, 1.82) is 0 Å². The normalized spacial score (nSPS) is 17.6. The van der Waals surface area contributed by atoms with Crippen LogP contribution in [0.15, 0.2) is 91.0 Å². The molecule has 1 atom stereocenters. The summed E-state index contributed by atoms with van der Waals surface area (Å²) in [7, 11) is 1.87. The molecule has 19 heteroatoms. The van der Waals surface area contributed by atoms with Crippen LogP contribution in [-0.4, -0.2) is 148 Å². The van der Waals surface area contributed by atoms with E-state index in [2.05, 4.69) is 47.5 Å². The molecule has 0 spiro atoms. The maximum Gasteiger partial charge on any atom is 0.355 e. The van der Waals surface area contributed by atoms with Crippen LogP contribution in [0.1, 0.15) is 68.4 Å². The fraction of sp³-hybridized carbons (Fsp3) is 0.357. The number of carboxylic acids is 1. The second-order valence-electron chi connectivity index (χ2n) is 19.8. The van der Waals surface area contributed by atoms with Crippen molar-refractivity contribution in [2.24, 2.45) is 7.05 Å². The fourth-order valence-corrected chi connectivity index (χ4v) is 11.8. The number of ether oxygens (including phenoxy) is 1. The molecule has 4 aliphatic rings. The van der Waals surface area contributed by atoms with Crippen LogP contribution < -0.4 is 25.2 Å². The molecule has 7 heterocycles. The third-order valence-electron chi connectivity index (χ3n) is 15.1. The monoisotopic (exact) mass is 1030 g/mol. The molecule has 11 rings (SSSR count). The van der Waals surface area contributed by atoms with Gasteiger partial charge in [-0.25, -0.2) is 14.8 Å². The molecule has 75 heavy (non-hydrogen) atoms.